The molecule has 1 N–H and O–H groups in total. The smallest absolute Gasteiger partial charge is 0.254 e. The fourth-order valence-corrected chi connectivity index (χ4v) is 2.25. The van der Waals surface area contributed by atoms with Crippen LogP contribution in [0.2, 0.25) is 0 Å². The molecule has 24 heavy (non-hydrogen) atoms. The highest BCUT2D eigenvalue weighted by Gasteiger charge is 2.08. The van der Waals surface area contributed by atoms with E-state index in [9.17, 15) is 9.59 Å². The second-order valence-electron chi connectivity index (χ2n) is 5.35. The SMILES string of the molecule is Cc1ccncc1NC(=O)Cn1cnc(-c2ccccc2)cc1=O. The molecule has 0 saturated carbocycles. The molecule has 0 saturated heterocycles. The number of rotatable bonds is 4. The Morgan fingerprint density at radius 3 is 2.71 bits per heavy atom. The Morgan fingerprint density at radius 2 is 2.00 bits per heavy atom. The molecule has 0 unspecified atom stereocenters. The Kier molecular flexibility index (Phi) is 4.47. The van der Waals surface area contributed by atoms with Gasteiger partial charge in [0.15, 0.2) is 0 Å². The fraction of sp³-hybridized carbons (Fsp3) is 0.111. The number of benzene rings is 1. The van der Waals surface area contributed by atoms with E-state index in [1.54, 1.807) is 18.5 Å². The molecule has 3 aromatic rings. The van der Waals surface area contributed by atoms with Gasteiger partial charge in [-0.05, 0) is 18.6 Å². The largest absolute Gasteiger partial charge is 0.323 e. The monoisotopic (exact) mass is 320 g/mol. The van der Waals surface area contributed by atoms with E-state index in [0.717, 1.165) is 11.1 Å². The van der Waals surface area contributed by atoms with E-state index < -0.39 is 0 Å². The molecule has 3 rings (SSSR count). The normalized spacial score (nSPS) is 10.4. The summed E-state index contributed by atoms with van der Waals surface area (Å²) in [4.78, 5) is 32.5. The maximum absolute atomic E-state index is 12.2. The van der Waals surface area contributed by atoms with Crippen LogP contribution < -0.4 is 10.9 Å². The van der Waals surface area contributed by atoms with Gasteiger partial charge in [-0.3, -0.25) is 19.1 Å². The standard InChI is InChI=1S/C18H16N4O2/c1-13-7-8-19-10-16(13)21-17(23)11-22-12-20-15(9-18(22)24)14-5-3-2-4-6-14/h2-10,12H,11H2,1H3,(H,21,23). The van der Waals surface area contributed by atoms with Crippen LogP contribution in [0.5, 0.6) is 0 Å². The number of nitrogens with zero attached hydrogens (tertiary/aromatic N) is 3. The van der Waals surface area contributed by atoms with Crippen molar-refractivity contribution in [2.45, 2.75) is 13.5 Å². The quantitative estimate of drug-likeness (QED) is 0.800. The molecule has 6 heteroatoms. The minimum Gasteiger partial charge on any atom is -0.323 e. The Morgan fingerprint density at radius 1 is 1.21 bits per heavy atom. The molecule has 0 aliphatic heterocycles. The number of nitrogens with one attached hydrogen (secondary N) is 1. The van der Waals surface area contributed by atoms with Crippen LogP contribution in [0.1, 0.15) is 5.56 Å². The third kappa shape index (κ3) is 3.55. The Bertz CT molecular complexity index is 920. The zero-order valence-corrected chi connectivity index (χ0v) is 13.1. The number of hydrogen-bond acceptors (Lipinski definition) is 4. The lowest BCUT2D eigenvalue weighted by atomic mass is 10.1. The minimum absolute atomic E-state index is 0.102. The van der Waals surface area contributed by atoms with E-state index in [1.807, 2.05) is 37.3 Å². The maximum atomic E-state index is 12.2. The van der Waals surface area contributed by atoms with Crippen molar-refractivity contribution in [2.24, 2.45) is 0 Å². The number of aryl methyl sites for hydroxylation is 1. The second-order valence-corrected chi connectivity index (χ2v) is 5.35. The lowest BCUT2D eigenvalue weighted by molar-refractivity contribution is -0.116. The summed E-state index contributed by atoms with van der Waals surface area (Å²) in [5, 5.41) is 2.74. The average Bonchev–Trinajstić information content (AvgIpc) is 2.59. The van der Waals surface area contributed by atoms with Gasteiger partial charge < -0.3 is 5.32 Å². The van der Waals surface area contributed by atoms with E-state index in [1.165, 1.54) is 17.0 Å². The number of aromatic nitrogens is 3. The molecule has 0 atom stereocenters. The number of amides is 1. The highest BCUT2D eigenvalue weighted by atomic mass is 16.2. The Balaban J connectivity index is 1.75. The summed E-state index contributed by atoms with van der Waals surface area (Å²) < 4.78 is 1.27. The number of hydrogen-bond donors (Lipinski definition) is 1. The van der Waals surface area contributed by atoms with Gasteiger partial charge in [-0.1, -0.05) is 30.3 Å². The summed E-state index contributed by atoms with van der Waals surface area (Å²) in [5.41, 5.74) is 2.70. The van der Waals surface area contributed by atoms with E-state index in [4.69, 9.17) is 0 Å². The van der Waals surface area contributed by atoms with E-state index >= 15 is 0 Å². The summed E-state index contributed by atoms with van der Waals surface area (Å²) in [7, 11) is 0. The average molecular weight is 320 g/mol. The van der Waals surface area contributed by atoms with E-state index in [0.29, 0.717) is 11.4 Å². The first-order chi connectivity index (χ1) is 11.6. The van der Waals surface area contributed by atoms with Gasteiger partial charge in [0.2, 0.25) is 5.91 Å². The zero-order chi connectivity index (χ0) is 16.9. The molecule has 0 spiro atoms. The molecule has 6 nitrogen and oxygen atoms in total. The van der Waals surface area contributed by atoms with Gasteiger partial charge in [0.25, 0.3) is 5.56 Å². The predicted molar refractivity (Wildman–Crippen MR) is 91.5 cm³/mol. The summed E-state index contributed by atoms with van der Waals surface area (Å²) >= 11 is 0. The summed E-state index contributed by atoms with van der Waals surface area (Å²) in [6, 6.07) is 12.7. The minimum atomic E-state index is -0.303. The molecule has 2 aromatic heterocycles. The summed E-state index contributed by atoms with van der Waals surface area (Å²) in [5.74, 6) is -0.303. The highest BCUT2D eigenvalue weighted by molar-refractivity contribution is 5.91. The highest BCUT2D eigenvalue weighted by Crippen LogP contribution is 2.13. The summed E-state index contributed by atoms with van der Waals surface area (Å²) in [6.45, 7) is 1.77. The Hall–Kier alpha value is -3.28. The molecule has 0 fully saturated rings. The lowest BCUT2D eigenvalue weighted by Gasteiger charge is -2.09. The molecule has 120 valence electrons. The van der Waals surface area contributed by atoms with Crippen molar-refractivity contribution in [3.8, 4) is 11.3 Å². The van der Waals surface area contributed by atoms with Crippen molar-refractivity contribution in [2.75, 3.05) is 5.32 Å². The first-order valence-corrected chi connectivity index (χ1v) is 7.46. The van der Waals surface area contributed by atoms with Gasteiger partial charge in [-0.25, -0.2) is 4.98 Å². The lowest BCUT2D eigenvalue weighted by Crippen LogP contribution is -2.27. The van der Waals surface area contributed by atoms with Gasteiger partial charge in [-0.2, -0.15) is 0 Å². The molecule has 0 bridgehead atoms. The molecule has 0 aliphatic carbocycles. The van der Waals surface area contributed by atoms with Crippen LogP contribution in [0.3, 0.4) is 0 Å². The molecule has 1 aromatic carbocycles. The van der Waals surface area contributed by atoms with Gasteiger partial charge >= 0.3 is 0 Å². The zero-order valence-electron chi connectivity index (χ0n) is 13.1. The molecule has 2 heterocycles. The predicted octanol–water partition coefficient (Wildman–Crippen LogP) is 2.25. The van der Waals surface area contributed by atoms with E-state index in [-0.39, 0.29) is 18.0 Å². The van der Waals surface area contributed by atoms with Crippen molar-refractivity contribution < 1.29 is 4.79 Å². The molecular formula is C18H16N4O2. The van der Waals surface area contributed by atoms with Crippen LogP contribution >= 0.6 is 0 Å². The van der Waals surface area contributed by atoms with Crippen molar-refractivity contribution in [1.29, 1.82) is 0 Å². The van der Waals surface area contributed by atoms with Crippen molar-refractivity contribution >= 4 is 11.6 Å². The first-order valence-electron chi connectivity index (χ1n) is 7.46. The van der Waals surface area contributed by atoms with Crippen LogP contribution in [-0.4, -0.2) is 20.4 Å². The first kappa shape index (κ1) is 15.6. The van der Waals surface area contributed by atoms with E-state index in [2.05, 4.69) is 15.3 Å². The topological polar surface area (TPSA) is 76.9 Å². The van der Waals surface area contributed by atoms with Gasteiger partial charge in [0.05, 0.1) is 23.9 Å². The fourth-order valence-electron chi connectivity index (χ4n) is 2.25. The van der Waals surface area contributed by atoms with Crippen LogP contribution in [0, 0.1) is 6.92 Å². The van der Waals surface area contributed by atoms with Crippen molar-refractivity contribution in [3.05, 3.63) is 77.1 Å². The van der Waals surface area contributed by atoms with Gasteiger partial charge in [0, 0.05) is 17.8 Å². The van der Waals surface area contributed by atoms with Gasteiger partial charge in [-0.15, -0.1) is 0 Å². The molecule has 1 amide bonds. The van der Waals surface area contributed by atoms with Crippen molar-refractivity contribution in [1.82, 2.24) is 14.5 Å². The van der Waals surface area contributed by atoms with Crippen molar-refractivity contribution in [3.63, 3.8) is 0 Å². The molecule has 0 radical (unpaired) electrons. The number of carbonyl (C=O) groups excluding carboxylic acids is 1. The summed E-state index contributed by atoms with van der Waals surface area (Å²) in [6.07, 6.45) is 4.62. The van der Waals surface area contributed by atoms with Crippen LogP contribution in [0.15, 0.2) is 66.0 Å². The van der Waals surface area contributed by atoms with Crippen LogP contribution in [-0.2, 0) is 11.3 Å². The molecule has 0 aliphatic rings. The third-order valence-electron chi connectivity index (χ3n) is 3.58. The number of pyridine rings is 1. The molecular weight excluding hydrogens is 304 g/mol. The second kappa shape index (κ2) is 6.87. The van der Waals surface area contributed by atoms with Crippen LogP contribution in [0.4, 0.5) is 5.69 Å². The number of carbonyl (C=O) groups is 1. The van der Waals surface area contributed by atoms with Gasteiger partial charge in [0.1, 0.15) is 6.54 Å². The number of anilines is 1. The maximum Gasteiger partial charge on any atom is 0.254 e. The third-order valence-corrected chi connectivity index (χ3v) is 3.58. The van der Waals surface area contributed by atoms with Crippen LogP contribution in [0.25, 0.3) is 11.3 Å². The Labute approximate surface area is 138 Å².